The van der Waals surface area contributed by atoms with Gasteiger partial charge in [0.1, 0.15) is 0 Å². The summed E-state index contributed by atoms with van der Waals surface area (Å²) in [7, 11) is -3.84. The fraction of sp³-hybridized carbons (Fsp3) is 0.188. The molecular weight excluding hydrogens is 355 g/mol. The molecule has 0 aliphatic rings. The summed E-state index contributed by atoms with van der Waals surface area (Å²) in [6.45, 7) is 3.85. The third-order valence-corrected chi connectivity index (χ3v) is 4.66. The number of benzene rings is 2. The van der Waals surface area contributed by atoms with Crippen LogP contribution in [0.15, 0.2) is 46.4 Å². The van der Waals surface area contributed by atoms with Crippen molar-refractivity contribution in [2.24, 2.45) is 5.10 Å². The summed E-state index contributed by atoms with van der Waals surface area (Å²) >= 11 is 5.92. The van der Waals surface area contributed by atoms with Crippen molar-refractivity contribution in [3.63, 3.8) is 0 Å². The topological polar surface area (TPSA) is 67.8 Å². The fourth-order valence-corrected chi connectivity index (χ4v) is 2.85. The number of hydrogen-bond acceptors (Lipinski definition) is 4. The van der Waals surface area contributed by atoms with Crippen LogP contribution < -0.4 is 9.57 Å². The van der Waals surface area contributed by atoms with Crippen molar-refractivity contribution in [1.29, 1.82) is 0 Å². The Hall–Kier alpha value is -2.12. The largest absolute Gasteiger partial charge is 0.491 e. The summed E-state index contributed by atoms with van der Waals surface area (Å²) in [6, 6.07) is 9.09. The summed E-state index contributed by atoms with van der Waals surface area (Å²) in [4.78, 5) is 2.08. The maximum atomic E-state index is 14.2. The molecule has 0 amide bonds. The standard InChI is InChI=1S/C16H16ClFN2O3S/c1-3-23-15-9-8-14(17)13(16(15)18)10-19-20-24(21,22)12-6-4-11(2)5-7-12/h4-10,20H,3H2,1-2H3/b19-10+. The van der Waals surface area contributed by atoms with E-state index in [0.717, 1.165) is 11.8 Å². The molecule has 5 nitrogen and oxygen atoms in total. The third kappa shape index (κ3) is 4.24. The second-order valence-corrected chi connectivity index (χ2v) is 6.94. The molecule has 2 aromatic carbocycles. The Balaban J connectivity index is 2.22. The van der Waals surface area contributed by atoms with E-state index in [1.165, 1.54) is 24.3 Å². The number of rotatable bonds is 6. The molecule has 2 rings (SSSR count). The van der Waals surface area contributed by atoms with Gasteiger partial charge in [-0.25, -0.2) is 9.22 Å². The van der Waals surface area contributed by atoms with Crippen LogP contribution in [0.2, 0.25) is 5.02 Å². The van der Waals surface area contributed by atoms with Crippen LogP contribution in [-0.4, -0.2) is 21.2 Å². The zero-order valence-corrected chi connectivity index (χ0v) is 14.7. The minimum absolute atomic E-state index is 0.0183. The molecule has 0 atom stereocenters. The first-order valence-electron chi connectivity index (χ1n) is 7.07. The molecule has 1 N–H and O–H groups in total. The van der Waals surface area contributed by atoms with Crippen molar-refractivity contribution in [3.8, 4) is 5.75 Å². The molecule has 0 saturated carbocycles. The van der Waals surface area contributed by atoms with Crippen LogP contribution in [0, 0.1) is 12.7 Å². The molecule has 0 aliphatic carbocycles. The van der Waals surface area contributed by atoms with Crippen molar-refractivity contribution < 1.29 is 17.5 Å². The minimum atomic E-state index is -3.84. The number of aryl methyl sites for hydroxylation is 1. The summed E-state index contributed by atoms with van der Waals surface area (Å²) in [5, 5.41) is 3.68. The smallest absolute Gasteiger partial charge is 0.276 e. The molecule has 8 heteroatoms. The number of nitrogens with zero attached hydrogens (tertiary/aromatic N) is 1. The van der Waals surface area contributed by atoms with E-state index in [1.807, 2.05) is 11.8 Å². The Kier molecular flexibility index (Phi) is 5.80. The minimum Gasteiger partial charge on any atom is -0.491 e. The quantitative estimate of drug-likeness (QED) is 0.625. The van der Waals surface area contributed by atoms with Gasteiger partial charge in [-0.3, -0.25) is 0 Å². The SMILES string of the molecule is CCOc1ccc(Cl)c(/C=N/NS(=O)(=O)c2ccc(C)cc2)c1F. The van der Waals surface area contributed by atoms with Crippen LogP contribution in [0.1, 0.15) is 18.1 Å². The molecule has 0 aromatic heterocycles. The molecule has 0 fully saturated rings. The van der Waals surface area contributed by atoms with E-state index >= 15 is 0 Å². The molecule has 0 saturated heterocycles. The first-order valence-corrected chi connectivity index (χ1v) is 8.93. The van der Waals surface area contributed by atoms with Crippen LogP contribution >= 0.6 is 11.6 Å². The molecule has 0 radical (unpaired) electrons. The molecule has 0 spiro atoms. The van der Waals surface area contributed by atoms with Crippen LogP contribution in [0.5, 0.6) is 5.75 Å². The van der Waals surface area contributed by atoms with E-state index < -0.39 is 15.8 Å². The van der Waals surface area contributed by atoms with Gasteiger partial charge in [-0.2, -0.15) is 13.5 Å². The Morgan fingerprint density at radius 1 is 1.25 bits per heavy atom. The van der Waals surface area contributed by atoms with E-state index in [2.05, 4.69) is 5.10 Å². The number of nitrogens with one attached hydrogen (secondary N) is 1. The first kappa shape index (κ1) is 18.2. The Morgan fingerprint density at radius 3 is 2.54 bits per heavy atom. The molecule has 2 aromatic rings. The fourth-order valence-electron chi connectivity index (χ4n) is 1.87. The second kappa shape index (κ2) is 7.63. The van der Waals surface area contributed by atoms with Gasteiger partial charge in [-0.15, -0.1) is 0 Å². The zero-order valence-electron chi connectivity index (χ0n) is 13.1. The third-order valence-electron chi connectivity index (χ3n) is 3.09. The van der Waals surface area contributed by atoms with E-state index in [9.17, 15) is 12.8 Å². The van der Waals surface area contributed by atoms with Crippen molar-refractivity contribution in [3.05, 3.63) is 58.4 Å². The van der Waals surface area contributed by atoms with E-state index in [0.29, 0.717) is 0 Å². The van der Waals surface area contributed by atoms with Crippen molar-refractivity contribution in [1.82, 2.24) is 4.83 Å². The summed E-state index contributed by atoms with van der Waals surface area (Å²) in [6.07, 6.45) is 1.01. The number of hydrazone groups is 1. The van der Waals surface area contributed by atoms with E-state index in [4.69, 9.17) is 16.3 Å². The average molecular weight is 371 g/mol. The molecule has 0 bridgehead atoms. The monoisotopic (exact) mass is 370 g/mol. The molecule has 0 heterocycles. The molecular formula is C16H16ClFN2O3S. The highest BCUT2D eigenvalue weighted by Crippen LogP contribution is 2.26. The van der Waals surface area contributed by atoms with Crippen molar-refractivity contribution in [2.45, 2.75) is 18.7 Å². The Morgan fingerprint density at radius 2 is 1.92 bits per heavy atom. The van der Waals surface area contributed by atoms with Gasteiger partial charge in [0.25, 0.3) is 10.0 Å². The lowest BCUT2D eigenvalue weighted by Crippen LogP contribution is -2.18. The number of hydrogen-bond donors (Lipinski definition) is 1. The normalized spacial score (nSPS) is 11.7. The van der Waals surface area contributed by atoms with Crippen LogP contribution in [-0.2, 0) is 10.0 Å². The van der Waals surface area contributed by atoms with Gasteiger partial charge in [-0.1, -0.05) is 29.3 Å². The number of halogens is 2. The highest BCUT2D eigenvalue weighted by atomic mass is 35.5. The van der Waals surface area contributed by atoms with E-state index in [1.54, 1.807) is 19.1 Å². The van der Waals surface area contributed by atoms with Gasteiger partial charge >= 0.3 is 0 Å². The number of ether oxygens (including phenoxy) is 1. The maximum absolute atomic E-state index is 14.2. The van der Waals surface area contributed by atoms with E-state index in [-0.39, 0.29) is 27.8 Å². The van der Waals surface area contributed by atoms with Gasteiger partial charge in [0.05, 0.1) is 28.3 Å². The van der Waals surface area contributed by atoms with Crippen LogP contribution in [0.4, 0.5) is 4.39 Å². The molecule has 0 aliphatic heterocycles. The van der Waals surface area contributed by atoms with Crippen LogP contribution in [0.25, 0.3) is 0 Å². The molecule has 24 heavy (non-hydrogen) atoms. The summed E-state index contributed by atoms with van der Waals surface area (Å²) in [5.41, 5.74) is 0.869. The van der Waals surface area contributed by atoms with Gasteiger partial charge in [0.2, 0.25) is 0 Å². The average Bonchev–Trinajstić information content (AvgIpc) is 2.54. The Labute approximate surface area is 145 Å². The Bertz CT molecular complexity index is 852. The first-order chi connectivity index (χ1) is 11.3. The van der Waals surface area contributed by atoms with Crippen LogP contribution in [0.3, 0.4) is 0 Å². The van der Waals surface area contributed by atoms with Gasteiger partial charge in [0, 0.05) is 0 Å². The predicted molar refractivity (Wildman–Crippen MR) is 91.7 cm³/mol. The van der Waals surface area contributed by atoms with Gasteiger partial charge < -0.3 is 4.74 Å². The lowest BCUT2D eigenvalue weighted by Gasteiger charge is -2.08. The lowest BCUT2D eigenvalue weighted by molar-refractivity contribution is 0.321. The molecule has 128 valence electrons. The highest BCUT2D eigenvalue weighted by molar-refractivity contribution is 7.89. The van der Waals surface area contributed by atoms with Crippen molar-refractivity contribution in [2.75, 3.05) is 6.61 Å². The van der Waals surface area contributed by atoms with Crippen molar-refractivity contribution >= 4 is 27.8 Å². The summed E-state index contributed by atoms with van der Waals surface area (Å²) in [5.74, 6) is -0.688. The summed E-state index contributed by atoms with van der Waals surface area (Å²) < 4.78 is 43.5. The maximum Gasteiger partial charge on any atom is 0.276 e. The van der Waals surface area contributed by atoms with Gasteiger partial charge in [-0.05, 0) is 38.1 Å². The second-order valence-electron chi connectivity index (χ2n) is 4.87. The van der Waals surface area contributed by atoms with Gasteiger partial charge in [0.15, 0.2) is 11.6 Å². The highest BCUT2D eigenvalue weighted by Gasteiger charge is 2.14. The number of sulfonamides is 1. The predicted octanol–water partition coefficient (Wildman–Crippen LogP) is 3.50. The lowest BCUT2D eigenvalue weighted by atomic mass is 10.2. The zero-order chi connectivity index (χ0) is 17.7. The molecule has 0 unspecified atom stereocenters.